The Morgan fingerprint density at radius 1 is 1.15 bits per heavy atom. The maximum Gasteiger partial charge on any atom is 0.0605 e. The van der Waals surface area contributed by atoms with Gasteiger partial charge in [0.2, 0.25) is 0 Å². The molecule has 0 radical (unpaired) electrons. The molecule has 5 unspecified atom stereocenters. The number of fused-ring (bicyclic) bond motifs is 2. The highest BCUT2D eigenvalue weighted by Crippen LogP contribution is 2.61. The molecule has 0 amide bonds. The van der Waals surface area contributed by atoms with Gasteiger partial charge in [-0.05, 0) is 55.3 Å². The minimum absolute atomic E-state index is 0.605. The molecule has 0 aromatic rings. The van der Waals surface area contributed by atoms with Crippen LogP contribution in [0.1, 0.15) is 39.0 Å². The van der Waals surface area contributed by atoms with Crippen molar-refractivity contribution in [2.75, 3.05) is 7.11 Å². The van der Waals surface area contributed by atoms with Gasteiger partial charge in [-0.15, -0.1) is 0 Å². The summed E-state index contributed by atoms with van der Waals surface area (Å²) in [6.07, 6.45) is 7.90. The third-order valence-corrected chi connectivity index (χ3v) is 4.85. The fraction of sp³-hybridized carbons (Fsp3) is 1.00. The molecule has 3 aliphatic carbocycles. The second kappa shape index (κ2) is 2.50. The Hall–Kier alpha value is -0.0400. The van der Waals surface area contributed by atoms with E-state index in [1.165, 1.54) is 32.1 Å². The van der Waals surface area contributed by atoms with Crippen molar-refractivity contribution in [2.45, 2.75) is 45.1 Å². The first kappa shape index (κ1) is 8.28. The Morgan fingerprint density at radius 3 is 2.77 bits per heavy atom. The predicted molar refractivity (Wildman–Crippen MR) is 52.5 cm³/mol. The zero-order chi connectivity index (χ0) is 9.05. The molecule has 1 nitrogen and oxygen atoms in total. The first-order valence-corrected chi connectivity index (χ1v) is 5.73. The van der Waals surface area contributed by atoms with Crippen molar-refractivity contribution in [2.24, 2.45) is 23.2 Å². The molecule has 13 heavy (non-hydrogen) atoms. The summed E-state index contributed by atoms with van der Waals surface area (Å²) < 4.78 is 5.65. The van der Waals surface area contributed by atoms with Gasteiger partial charge in [-0.3, -0.25) is 0 Å². The van der Waals surface area contributed by atoms with Crippen molar-refractivity contribution < 1.29 is 4.74 Å². The quantitative estimate of drug-likeness (QED) is 0.603. The van der Waals surface area contributed by atoms with Crippen LogP contribution in [0.4, 0.5) is 0 Å². The molecule has 3 aliphatic rings. The lowest BCUT2D eigenvalue weighted by Crippen LogP contribution is -2.35. The second-order valence-electron chi connectivity index (χ2n) is 5.96. The van der Waals surface area contributed by atoms with Gasteiger partial charge >= 0.3 is 0 Å². The molecule has 0 aromatic heterocycles. The minimum Gasteiger partial charge on any atom is -0.381 e. The topological polar surface area (TPSA) is 9.23 Å². The minimum atomic E-state index is 0.605. The van der Waals surface area contributed by atoms with Gasteiger partial charge in [-0.2, -0.15) is 0 Å². The summed E-state index contributed by atoms with van der Waals surface area (Å²) >= 11 is 0. The number of methoxy groups -OCH3 is 1. The van der Waals surface area contributed by atoms with Crippen molar-refractivity contribution in [3.8, 4) is 0 Å². The van der Waals surface area contributed by atoms with Gasteiger partial charge in [0, 0.05) is 7.11 Å². The average molecular weight is 180 g/mol. The Morgan fingerprint density at radius 2 is 2.00 bits per heavy atom. The fourth-order valence-electron chi connectivity index (χ4n) is 4.63. The monoisotopic (exact) mass is 180 g/mol. The van der Waals surface area contributed by atoms with E-state index in [-0.39, 0.29) is 0 Å². The van der Waals surface area contributed by atoms with Crippen molar-refractivity contribution >= 4 is 0 Å². The maximum absolute atomic E-state index is 5.65. The normalized spacial score (nSPS) is 58.6. The van der Waals surface area contributed by atoms with Gasteiger partial charge in [0.1, 0.15) is 0 Å². The van der Waals surface area contributed by atoms with Crippen LogP contribution in [0.15, 0.2) is 0 Å². The summed E-state index contributed by atoms with van der Waals surface area (Å²) in [5, 5.41) is 0. The summed E-state index contributed by atoms with van der Waals surface area (Å²) in [6, 6.07) is 0. The summed E-state index contributed by atoms with van der Waals surface area (Å²) in [6.45, 7) is 2.50. The summed E-state index contributed by atoms with van der Waals surface area (Å²) in [5.74, 6) is 2.92. The number of ether oxygens (including phenoxy) is 1. The third-order valence-electron chi connectivity index (χ3n) is 4.85. The van der Waals surface area contributed by atoms with Crippen LogP contribution in [-0.4, -0.2) is 13.2 Å². The van der Waals surface area contributed by atoms with Crippen LogP contribution < -0.4 is 0 Å². The van der Waals surface area contributed by atoms with Gasteiger partial charge in [0.05, 0.1) is 6.10 Å². The first-order chi connectivity index (χ1) is 6.20. The SMILES string of the molecule is COC1CC2CC3CC(C)(C2)CC31. The molecule has 3 bridgehead atoms. The van der Waals surface area contributed by atoms with Crippen molar-refractivity contribution in [1.29, 1.82) is 0 Å². The Labute approximate surface area is 80.8 Å². The summed E-state index contributed by atoms with van der Waals surface area (Å²) in [5.41, 5.74) is 0.700. The molecule has 74 valence electrons. The molecule has 0 heterocycles. The fourth-order valence-corrected chi connectivity index (χ4v) is 4.63. The zero-order valence-electron chi connectivity index (χ0n) is 8.75. The van der Waals surface area contributed by atoms with Gasteiger partial charge < -0.3 is 4.74 Å². The van der Waals surface area contributed by atoms with E-state index >= 15 is 0 Å². The highest BCUT2D eigenvalue weighted by molar-refractivity contribution is 5.04. The highest BCUT2D eigenvalue weighted by atomic mass is 16.5. The molecular formula is C12H20O. The molecule has 0 N–H and O–H groups in total. The van der Waals surface area contributed by atoms with E-state index in [9.17, 15) is 0 Å². The van der Waals surface area contributed by atoms with Crippen LogP contribution in [0.2, 0.25) is 0 Å². The van der Waals surface area contributed by atoms with Gasteiger partial charge in [-0.1, -0.05) is 6.92 Å². The van der Waals surface area contributed by atoms with Crippen molar-refractivity contribution in [1.82, 2.24) is 0 Å². The van der Waals surface area contributed by atoms with Crippen LogP contribution in [0.25, 0.3) is 0 Å². The number of hydrogen-bond acceptors (Lipinski definition) is 1. The molecule has 0 aromatic carbocycles. The summed E-state index contributed by atoms with van der Waals surface area (Å²) in [7, 11) is 1.91. The van der Waals surface area contributed by atoms with E-state index in [1.54, 1.807) is 0 Å². The first-order valence-electron chi connectivity index (χ1n) is 5.73. The highest BCUT2D eigenvalue weighted by Gasteiger charge is 2.54. The van der Waals surface area contributed by atoms with Crippen LogP contribution in [0.3, 0.4) is 0 Å². The molecular weight excluding hydrogens is 160 g/mol. The molecule has 3 saturated carbocycles. The second-order valence-corrected chi connectivity index (χ2v) is 5.96. The molecule has 5 atom stereocenters. The maximum atomic E-state index is 5.65. The van der Waals surface area contributed by atoms with E-state index < -0.39 is 0 Å². The smallest absolute Gasteiger partial charge is 0.0605 e. The summed E-state index contributed by atoms with van der Waals surface area (Å²) in [4.78, 5) is 0. The molecule has 1 heteroatoms. The van der Waals surface area contributed by atoms with Crippen LogP contribution in [-0.2, 0) is 4.74 Å². The van der Waals surface area contributed by atoms with Crippen molar-refractivity contribution in [3.63, 3.8) is 0 Å². The van der Waals surface area contributed by atoms with Gasteiger partial charge in [0.25, 0.3) is 0 Å². The van der Waals surface area contributed by atoms with Crippen LogP contribution in [0, 0.1) is 23.2 Å². The van der Waals surface area contributed by atoms with Gasteiger partial charge in [0.15, 0.2) is 0 Å². The molecule has 3 fully saturated rings. The van der Waals surface area contributed by atoms with Crippen LogP contribution in [0.5, 0.6) is 0 Å². The van der Waals surface area contributed by atoms with Crippen molar-refractivity contribution in [3.05, 3.63) is 0 Å². The predicted octanol–water partition coefficient (Wildman–Crippen LogP) is 2.85. The Balaban J connectivity index is 1.92. The third kappa shape index (κ3) is 1.09. The molecule has 0 saturated heterocycles. The van der Waals surface area contributed by atoms with Crippen LogP contribution >= 0.6 is 0 Å². The van der Waals surface area contributed by atoms with E-state index in [4.69, 9.17) is 4.74 Å². The molecule has 3 rings (SSSR count). The number of hydrogen-bond donors (Lipinski definition) is 0. The van der Waals surface area contributed by atoms with E-state index in [1.807, 2.05) is 7.11 Å². The molecule has 0 spiro atoms. The number of rotatable bonds is 1. The Bertz CT molecular complexity index is 223. The van der Waals surface area contributed by atoms with E-state index in [0.29, 0.717) is 11.5 Å². The zero-order valence-corrected chi connectivity index (χ0v) is 8.75. The lowest BCUT2D eigenvalue weighted by Gasteiger charge is -2.40. The van der Waals surface area contributed by atoms with E-state index in [0.717, 1.165) is 17.8 Å². The Kier molecular flexibility index (Phi) is 1.59. The average Bonchev–Trinajstić information content (AvgIpc) is 2.24. The van der Waals surface area contributed by atoms with Gasteiger partial charge in [-0.25, -0.2) is 0 Å². The molecule has 0 aliphatic heterocycles. The largest absolute Gasteiger partial charge is 0.381 e. The standard InChI is InChI=1S/C12H20O/c1-12-5-8-3-9(6-12)10(7-12)11(4-8)13-2/h8-11H,3-7H2,1-2H3. The lowest BCUT2D eigenvalue weighted by molar-refractivity contribution is -0.0152. The van der Waals surface area contributed by atoms with E-state index in [2.05, 4.69) is 6.92 Å². The lowest BCUT2D eigenvalue weighted by atomic mass is 9.67.